The van der Waals surface area contributed by atoms with Gasteiger partial charge in [0.1, 0.15) is 5.67 Å². The number of nitrogens with zero attached hydrogens (tertiary/aromatic N) is 3. The number of ether oxygens (including phenoxy) is 1. The summed E-state index contributed by atoms with van der Waals surface area (Å²) in [6, 6.07) is 22.6. The molecule has 1 aromatic heterocycles. The summed E-state index contributed by atoms with van der Waals surface area (Å²) in [5.74, 6) is 0.0789. The molecule has 0 N–H and O–H groups in total. The van der Waals surface area contributed by atoms with Crippen LogP contribution >= 0.6 is 11.3 Å². The van der Waals surface area contributed by atoms with Gasteiger partial charge in [-0.1, -0.05) is 30.3 Å². The van der Waals surface area contributed by atoms with E-state index < -0.39 is 5.67 Å². The number of carbonyl (C=O) groups excluding carboxylic acids is 2. The number of halogens is 1. The average molecular weight is 638 g/mol. The van der Waals surface area contributed by atoms with Crippen LogP contribution in [-0.4, -0.2) is 54.6 Å². The van der Waals surface area contributed by atoms with Crippen LogP contribution in [-0.2, 0) is 15.1 Å². The van der Waals surface area contributed by atoms with E-state index >= 15 is 0 Å². The van der Waals surface area contributed by atoms with E-state index in [1.54, 1.807) is 30.3 Å². The van der Waals surface area contributed by atoms with Gasteiger partial charge in [0, 0.05) is 43.7 Å². The van der Waals surface area contributed by atoms with E-state index in [-0.39, 0.29) is 28.2 Å². The maximum absolute atomic E-state index is 14.4. The third-order valence-corrected chi connectivity index (χ3v) is 12.2. The predicted octanol–water partition coefficient (Wildman–Crippen LogP) is 8.07. The van der Waals surface area contributed by atoms with Gasteiger partial charge in [-0.2, -0.15) is 0 Å². The van der Waals surface area contributed by atoms with Gasteiger partial charge in [0.25, 0.3) is 5.91 Å². The van der Waals surface area contributed by atoms with Crippen LogP contribution in [0.15, 0.2) is 66.7 Å². The van der Waals surface area contributed by atoms with Gasteiger partial charge in [-0.25, -0.2) is 9.37 Å². The number of thiazole rings is 1. The summed E-state index contributed by atoms with van der Waals surface area (Å²) in [6.07, 6.45) is 5.60. The number of amides is 2. The molecule has 238 valence electrons. The van der Waals surface area contributed by atoms with Gasteiger partial charge in [0.05, 0.1) is 27.4 Å². The average Bonchev–Trinajstić information content (AvgIpc) is 3.42. The fraction of sp³-hybridized carbons (Fsp3) is 0.447. The lowest BCUT2D eigenvalue weighted by Gasteiger charge is -2.66. The Balaban J connectivity index is 1.05. The van der Waals surface area contributed by atoms with Gasteiger partial charge in [-0.15, -0.1) is 11.3 Å². The van der Waals surface area contributed by atoms with Gasteiger partial charge in [0.15, 0.2) is 0 Å². The summed E-state index contributed by atoms with van der Waals surface area (Å²) in [4.78, 5) is 34.8. The highest BCUT2D eigenvalue weighted by Crippen LogP contribution is 2.71. The normalized spacial score (nSPS) is 29.2. The molecule has 4 aliphatic carbocycles. The highest BCUT2D eigenvalue weighted by atomic mass is 32.1. The molecular weight excluding hydrogens is 598 g/mol. The van der Waals surface area contributed by atoms with E-state index in [4.69, 9.17) is 4.74 Å². The SMILES string of the molecule is Cc1nc2ccc(-c3cccc(N(CC45CCC(c6ccc(C(=O)N(C)C)cc6)(CC4)OC5)C(=O)CC45CC(F)(C4)C5)c3)cc2s1. The topological polar surface area (TPSA) is 62.7 Å². The van der Waals surface area contributed by atoms with Crippen LogP contribution in [0, 0.1) is 17.8 Å². The molecule has 2 aliphatic heterocycles. The number of alkyl halides is 1. The quantitative estimate of drug-likeness (QED) is 0.196. The number of aromatic nitrogens is 1. The summed E-state index contributed by atoms with van der Waals surface area (Å²) in [5, 5.41) is 1.04. The molecule has 3 aromatic carbocycles. The standard InChI is InChI=1S/C38H40FN3O3S/c1-25-40-31-12-9-28(18-32(31)46-25)27-5-4-6-30(17-27)42(33(43)19-36-20-37(39,21-36)22-36)23-35-13-15-38(16-14-35,45-24-35)29-10-7-26(8-11-29)34(44)41(2)3/h4-12,17-18H,13-16,19-24H2,1-3H3. The van der Waals surface area contributed by atoms with Crippen LogP contribution in [0.5, 0.6) is 0 Å². The van der Waals surface area contributed by atoms with Crippen molar-refractivity contribution in [2.75, 3.05) is 32.1 Å². The van der Waals surface area contributed by atoms with Crippen LogP contribution < -0.4 is 4.90 Å². The van der Waals surface area contributed by atoms with Crippen LogP contribution in [0.4, 0.5) is 10.1 Å². The maximum atomic E-state index is 14.4. The molecule has 3 heterocycles. The first-order chi connectivity index (χ1) is 22.0. The number of benzene rings is 3. The highest BCUT2D eigenvalue weighted by Gasteiger charge is 2.69. The summed E-state index contributed by atoms with van der Waals surface area (Å²) in [6.45, 7) is 3.19. The molecule has 4 bridgehead atoms. The van der Waals surface area contributed by atoms with Crippen molar-refractivity contribution in [1.29, 1.82) is 0 Å². The molecule has 2 amide bonds. The number of rotatable bonds is 8. The van der Waals surface area contributed by atoms with Crippen LogP contribution in [0.3, 0.4) is 0 Å². The Morgan fingerprint density at radius 2 is 1.63 bits per heavy atom. The highest BCUT2D eigenvalue weighted by molar-refractivity contribution is 7.18. The third-order valence-electron chi connectivity index (χ3n) is 11.2. The molecular formula is C38H40FN3O3S. The van der Waals surface area contributed by atoms with Crippen molar-refractivity contribution in [2.45, 2.75) is 69.6 Å². The molecule has 2 saturated heterocycles. The molecule has 4 saturated carbocycles. The molecule has 8 heteroatoms. The van der Waals surface area contributed by atoms with Crippen molar-refractivity contribution < 1.29 is 18.7 Å². The van der Waals surface area contributed by atoms with Gasteiger partial charge < -0.3 is 14.5 Å². The predicted molar refractivity (Wildman–Crippen MR) is 180 cm³/mol. The van der Waals surface area contributed by atoms with Crippen LogP contribution in [0.25, 0.3) is 21.3 Å². The van der Waals surface area contributed by atoms with E-state index in [1.807, 2.05) is 48.2 Å². The van der Waals surface area contributed by atoms with E-state index in [0.29, 0.717) is 44.4 Å². The van der Waals surface area contributed by atoms with Gasteiger partial charge in [0.2, 0.25) is 5.91 Å². The fourth-order valence-electron chi connectivity index (χ4n) is 8.71. The second kappa shape index (κ2) is 10.4. The minimum Gasteiger partial charge on any atom is -0.370 e. The Kier molecular flexibility index (Phi) is 6.76. The minimum atomic E-state index is -1.03. The molecule has 6 aliphatic rings. The van der Waals surface area contributed by atoms with Gasteiger partial charge in [-0.3, -0.25) is 9.59 Å². The molecule has 0 radical (unpaired) electrons. The lowest BCUT2D eigenvalue weighted by Crippen LogP contribution is -2.65. The zero-order valence-corrected chi connectivity index (χ0v) is 27.6. The first kappa shape index (κ1) is 29.8. The second-order valence-corrected chi connectivity index (χ2v) is 16.1. The lowest BCUT2D eigenvalue weighted by atomic mass is 9.41. The number of anilines is 1. The van der Waals surface area contributed by atoms with Crippen molar-refractivity contribution >= 4 is 39.1 Å². The Morgan fingerprint density at radius 1 is 0.913 bits per heavy atom. The van der Waals surface area contributed by atoms with Gasteiger partial charge in [-0.05, 0) is 110 Å². The van der Waals surface area contributed by atoms with Crippen molar-refractivity contribution in [3.05, 3.63) is 82.9 Å². The molecule has 46 heavy (non-hydrogen) atoms. The van der Waals surface area contributed by atoms with Crippen LogP contribution in [0.2, 0.25) is 0 Å². The van der Waals surface area contributed by atoms with Crippen molar-refractivity contribution in [3.8, 4) is 11.1 Å². The third kappa shape index (κ3) is 4.96. The van der Waals surface area contributed by atoms with E-state index in [1.165, 1.54) is 0 Å². The largest absolute Gasteiger partial charge is 0.370 e. The summed E-state index contributed by atoms with van der Waals surface area (Å²) in [7, 11) is 3.53. The number of hydrogen-bond acceptors (Lipinski definition) is 5. The zero-order chi connectivity index (χ0) is 31.9. The van der Waals surface area contributed by atoms with Crippen molar-refractivity contribution in [3.63, 3.8) is 0 Å². The Labute approximate surface area is 273 Å². The number of fused-ring (bicyclic) bond motifs is 4. The Bertz CT molecular complexity index is 1820. The molecule has 10 rings (SSSR count). The van der Waals surface area contributed by atoms with E-state index in [2.05, 4.69) is 35.3 Å². The summed E-state index contributed by atoms with van der Waals surface area (Å²) < 4.78 is 22.3. The maximum Gasteiger partial charge on any atom is 0.253 e. The van der Waals surface area contributed by atoms with Crippen molar-refractivity contribution in [1.82, 2.24) is 9.88 Å². The first-order valence-corrected chi connectivity index (χ1v) is 17.2. The monoisotopic (exact) mass is 637 g/mol. The first-order valence-electron chi connectivity index (χ1n) is 16.4. The lowest BCUT2D eigenvalue weighted by molar-refractivity contribution is -0.215. The van der Waals surface area contributed by atoms with Gasteiger partial charge >= 0.3 is 0 Å². The van der Waals surface area contributed by atoms with E-state index in [0.717, 1.165) is 63.3 Å². The smallest absolute Gasteiger partial charge is 0.253 e. The summed E-state index contributed by atoms with van der Waals surface area (Å²) >= 11 is 1.69. The molecule has 0 atom stereocenters. The van der Waals surface area contributed by atoms with Crippen LogP contribution in [0.1, 0.15) is 72.3 Å². The zero-order valence-electron chi connectivity index (χ0n) is 26.8. The number of aryl methyl sites for hydroxylation is 1. The molecule has 0 spiro atoms. The number of hydrogen-bond donors (Lipinski definition) is 0. The molecule has 6 fully saturated rings. The Hall–Kier alpha value is -3.62. The molecule has 4 aromatic rings. The van der Waals surface area contributed by atoms with E-state index in [9.17, 15) is 14.0 Å². The number of carbonyl (C=O) groups is 2. The molecule has 0 unspecified atom stereocenters. The Morgan fingerprint density at radius 3 is 2.28 bits per heavy atom. The van der Waals surface area contributed by atoms with Crippen molar-refractivity contribution in [2.24, 2.45) is 10.8 Å². The second-order valence-electron chi connectivity index (χ2n) is 14.9. The fourth-order valence-corrected chi connectivity index (χ4v) is 9.58. The summed E-state index contributed by atoms with van der Waals surface area (Å²) in [5.41, 5.74) is 4.16. The molecule has 6 nitrogen and oxygen atoms in total. The minimum absolute atomic E-state index is 0.00942.